The number of benzene rings is 1. The Hall–Kier alpha value is -2.12. The molecular weight excluding hydrogens is 338 g/mol. The summed E-state index contributed by atoms with van der Waals surface area (Å²) >= 11 is 1.38. The van der Waals surface area contributed by atoms with Crippen LogP contribution in [0.1, 0.15) is 28.7 Å². The van der Waals surface area contributed by atoms with Crippen LogP contribution < -0.4 is 20.1 Å². The van der Waals surface area contributed by atoms with E-state index >= 15 is 0 Å². The minimum absolute atomic E-state index is 0.0833. The molecule has 2 aromatic rings. The van der Waals surface area contributed by atoms with Crippen molar-refractivity contribution in [3.05, 3.63) is 28.8 Å². The van der Waals surface area contributed by atoms with Crippen LogP contribution in [-0.2, 0) is 0 Å². The summed E-state index contributed by atoms with van der Waals surface area (Å²) in [6.07, 6.45) is 1.08. The second kappa shape index (κ2) is 9.39. The third kappa shape index (κ3) is 4.93. The number of hydrogen-bond acceptors (Lipinski definition) is 6. The zero-order valence-corrected chi connectivity index (χ0v) is 16.0. The first-order valence-electron chi connectivity index (χ1n) is 8.29. The van der Waals surface area contributed by atoms with E-state index in [1.165, 1.54) is 11.3 Å². The number of amides is 1. The van der Waals surface area contributed by atoms with E-state index < -0.39 is 0 Å². The van der Waals surface area contributed by atoms with Gasteiger partial charge in [-0.15, -0.1) is 11.3 Å². The molecule has 1 heterocycles. The largest absolute Gasteiger partial charge is 0.493 e. The van der Waals surface area contributed by atoms with E-state index in [4.69, 9.17) is 9.47 Å². The van der Waals surface area contributed by atoms with Crippen LogP contribution in [0.2, 0.25) is 0 Å². The summed E-state index contributed by atoms with van der Waals surface area (Å²) in [5.74, 6) is 1.22. The molecule has 1 amide bonds. The Kier molecular flexibility index (Phi) is 7.21. The summed E-state index contributed by atoms with van der Waals surface area (Å²) in [5, 5.41) is 6.97. The van der Waals surface area contributed by atoms with E-state index in [2.05, 4.69) is 22.5 Å². The summed E-state index contributed by atoms with van der Waals surface area (Å²) < 4.78 is 10.6. The normalized spacial score (nSPS) is 10.6. The standard InChI is InChI=1S/C18H25N3O3S/c1-5-8-19-9-10-20-17(22)16-12(2)21-18(25-16)13-6-7-14(23-3)15(11-13)24-4/h6-7,11,19H,5,8-10H2,1-4H3,(H,20,22). The first kappa shape index (κ1) is 19.2. The van der Waals surface area contributed by atoms with Crippen LogP contribution in [0, 0.1) is 6.92 Å². The molecule has 25 heavy (non-hydrogen) atoms. The van der Waals surface area contributed by atoms with Crippen molar-refractivity contribution in [1.29, 1.82) is 0 Å². The molecule has 0 aliphatic heterocycles. The highest BCUT2D eigenvalue weighted by Crippen LogP contribution is 2.34. The Bertz CT molecular complexity index is 716. The third-order valence-electron chi connectivity index (χ3n) is 3.65. The van der Waals surface area contributed by atoms with Crippen LogP contribution in [0.4, 0.5) is 0 Å². The van der Waals surface area contributed by atoms with Crippen LogP contribution >= 0.6 is 11.3 Å². The van der Waals surface area contributed by atoms with Gasteiger partial charge < -0.3 is 20.1 Å². The van der Waals surface area contributed by atoms with Gasteiger partial charge in [-0.05, 0) is 38.1 Å². The second-order valence-electron chi connectivity index (χ2n) is 5.51. The van der Waals surface area contributed by atoms with Gasteiger partial charge in [0.2, 0.25) is 0 Å². The van der Waals surface area contributed by atoms with Gasteiger partial charge in [-0.3, -0.25) is 4.79 Å². The van der Waals surface area contributed by atoms with Gasteiger partial charge in [-0.25, -0.2) is 4.98 Å². The quantitative estimate of drug-likeness (QED) is 0.670. The SMILES string of the molecule is CCCNCCNC(=O)c1sc(-c2ccc(OC)c(OC)c2)nc1C. The molecule has 2 N–H and O–H groups in total. The van der Waals surface area contributed by atoms with Crippen molar-refractivity contribution in [3.8, 4) is 22.1 Å². The van der Waals surface area contributed by atoms with E-state index in [9.17, 15) is 4.79 Å². The number of aryl methyl sites for hydroxylation is 1. The molecule has 0 bridgehead atoms. The molecule has 0 saturated heterocycles. The molecule has 136 valence electrons. The molecule has 0 aliphatic carbocycles. The van der Waals surface area contributed by atoms with Crippen molar-refractivity contribution in [2.24, 2.45) is 0 Å². The zero-order chi connectivity index (χ0) is 18.2. The Balaban J connectivity index is 2.10. The predicted molar refractivity (Wildman–Crippen MR) is 101 cm³/mol. The fourth-order valence-corrected chi connectivity index (χ4v) is 3.33. The maximum Gasteiger partial charge on any atom is 0.263 e. The molecule has 0 spiro atoms. The van der Waals surface area contributed by atoms with Gasteiger partial charge >= 0.3 is 0 Å². The van der Waals surface area contributed by atoms with Crippen LogP contribution in [-0.4, -0.2) is 44.7 Å². The average Bonchev–Trinajstić information content (AvgIpc) is 3.02. The molecule has 6 nitrogen and oxygen atoms in total. The Labute approximate surface area is 152 Å². The number of rotatable bonds is 9. The van der Waals surface area contributed by atoms with Crippen molar-refractivity contribution in [1.82, 2.24) is 15.6 Å². The van der Waals surface area contributed by atoms with Gasteiger partial charge in [0.15, 0.2) is 11.5 Å². The molecule has 0 atom stereocenters. The molecule has 1 aromatic heterocycles. The fourth-order valence-electron chi connectivity index (χ4n) is 2.35. The lowest BCUT2D eigenvalue weighted by Crippen LogP contribution is -2.32. The van der Waals surface area contributed by atoms with Gasteiger partial charge in [-0.2, -0.15) is 0 Å². The Morgan fingerprint density at radius 1 is 1.16 bits per heavy atom. The smallest absolute Gasteiger partial charge is 0.263 e. The summed E-state index contributed by atoms with van der Waals surface area (Å²) in [7, 11) is 3.20. The van der Waals surface area contributed by atoms with Gasteiger partial charge in [0.25, 0.3) is 5.91 Å². The minimum Gasteiger partial charge on any atom is -0.493 e. The highest BCUT2D eigenvalue weighted by Gasteiger charge is 2.17. The van der Waals surface area contributed by atoms with Crippen molar-refractivity contribution < 1.29 is 14.3 Å². The number of aromatic nitrogens is 1. The monoisotopic (exact) mass is 363 g/mol. The summed E-state index contributed by atoms with van der Waals surface area (Å²) in [4.78, 5) is 17.5. The number of nitrogens with zero attached hydrogens (tertiary/aromatic N) is 1. The molecule has 2 rings (SSSR count). The number of thiazole rings is 1. The van der Waals surface area contributed by atoms with E-state index in [1.54, 1.807) is 14.2 Å². The molecule has 0 radical (unpaired) electrons. The minimum atomic E-state index is -0.0833. The first-order chi connectivity index (χ1) is 12.1. The van der Waals surface area contributed by atoms with Crippen molar-refractivity contribution in [3.63, 3.8) is 0 Å². The van der Waals surface area contributed by atoms with Crippen molar-refractivity contribution >= 4 is 17.2 Å². The first-order valence-corrected chi connectivity index (χ1v) is 9.11. The molecule has 0 fully saturated rings. The van der Waals surface area contributed by atoms with Gasteiger partial charge in [0.05, 0.1) is 19.9 Å². The Morgan fingerprint density at radius 3 is 2.60 bits per heavy atom. The summed E-state index contributed by atoms with van der Waals surface area (Å²) in [6, 6.07) is 5.62. The Morgan fingerprint density at radius 2 is 1.92 bits per heavy atom. The number of nitrogens with one attached hydrogen (secondary N) is 2. The highest BCUT2D eigenvalue weighted by molar-refractivity contribution is 7.17. The molecule has 1 aromatic carbocycles. The van der Waals surface area contributed by atoms with Gasteiger partial charge in [0.1, 0.15) is 9.88 Å². The molecule has 0 saturated carbocycles. The van der Waals surface area contributed by atoms with E-state index in [0.717, 1.165) is 35.8 Å². The van der Waals surface area contributed by atoms with Gasteiger partial charge in [-0.1, -0.05) is 6.92 Å². The zero-order valence-electron chi connectivity index (χ0n) is 15.1. The average molecular weight is 363 g/mol. The third-order valence-corrected chi connectivity index (χ3v) is 4.85. The fraction of sp³-hybridized carbons (Fsp3) is 0.444. The van der Waals surface area contributed by atoms with Crippen LogP contribution in [0.25, 0.3) is 10.6 Å². The van der Waals surface area contributed by atoms with E-state index in [1.807, 2.05) is 25.1 Å². The summed E-state index contributed by atoms with van der Waals surface area (Å²) in [6.45, 7) is 6.29. The van der Waals surface area contributed by atoms with Crippen LogP contribution in [0.3, 0.4) is 0 Å². The van der Waals surface area contributed by atoms with Crippen LogP contribution in [0.5, 0.6) is 11.5 Å². The van der Waals surface area contributed by atoms with E-state index in [-0.39, 0.29) is 5.91 Å². The van der Waals surface area contributed by atoms with Gasteiger partial charge in [0, 0.05) is 18.7 Å². The number of carbonyl (C=O) groups is 1. The maximum atomic E-state index is 12.4. The van der Waals surface area contributed by atoms with Crippen molar-refractivity contribution in [2.75, 3.05) is 33.9 Å². The van der Waals surface area contributed by atoms with Crippen LogP contribution in [0.15, 0.2) is 18.2 Å². The predicted octanol–water partition coefficient (Wildman–Crippen LogP) is 2.87. The lowest BCUT2D eigenvalue weighted by atomic mass is 10.2. The molecule has 0 unspecified atom stereocenters. The molecular formula is C18H25N3O3S. The maximum absolute atomic E-state index is 12.4. The van der Waals surface area contributed by atoms with Crippen molar-refractivity contribution in [2.45, 2.75) is 20.3 Å². The molecule has 7 heteroatoms. The highest BCUT2D eigenvalue weighted by atomic mass is 32.1. The lowest BCUT2D eigenvalue weighted by Gasteiger charge is -2.08. The number of ether oxygens (including phenoxy) is 2. The molecule has 0 aliphatic rings. The lowest BCUT2D eigenvalue weighted by molar-refractivity contribution is 0.0957. The summed E-state index contributed by atoms with van der Waals surface area (Å²) in [5.41, 5.74) is 1.63. The number of methoxy groups -OCH3 is 2. The topological polar surface area (TPSA) is 72.5 Å². The number of carbonyl (C=O) groups excluding carboxylic acids is 1. The second-order valence-corrected chi connectivity index (χ2v) is 6.51. The number of hydrogen-bond donors (Lipinski definition) is 2. The van der Waals surface area contributed by atoms with E-state index in [0.29, 0.717) is 22.9 Å².